The number of amides is 2. The summed E-state index contributed by atoms with van der Waals surface area (Å²) in [6, 6.07) is 4.56. The zero-order valence-corrected chi connectivity index (χ0v) is 14.5. The fourth-order valence-corrected chi connectivity index (χ4v) is 2.09. The van der Waals surface area contributed by atoms with Crippen LogP contribution in [0.1, 0.15) is 20.8 Å². The number of ether oxygens (including phenoxy) is 3. The first-order valence-corrected chi connectivity index (χ1v) is 8.09. The Morgan fingerprint density at radius 2 is 1.48 bits per heavy atom. The van der Waals surface area contributed by atoms with Crippen molar-refractivity contribution in [2.75, 3.05) is 30.5 Å². The van der Waals surface area contributed by atoms with Crippen LogP contribution in [0.25, 0.3) is 0 Å². The monoisotopic (exact) mass is 346 g/mol. The van der Waals surface area contributed by atoms with E-state index in [2.05, 4.69) is 20.6 Å². The predicted octanol–water partition coefficient (Wildman–Crippen LogP) is 3.32. The zero-order valence-electron chi connectivity index (χ0n) is 14.5. The van der Waals surface area contributed by atoms with Crippen molar-refractivity contribution in [1.82, 2.24) is 9.97 Å². The van der Waals surface area contributed by atoms with Crippen LogP contribution in [0.3, 0.4) is 0 Å². The number of urea groups is 1. The van der Waals surface area contributed by atoms with E-state index in [1.807, 2.05) is 20.8 Å². The molecule has 1 heterocycles. The van der Waals surface area contributed by atoms with Crippen LogP contribution in [0.4, 0.5) is 16.4 Å². The Morgan fingerprint density at radius 1 is 0.920 bits per heavy atom. The minimum atomic E-state index is -0.472. The summed E-state index contributed by atoms with van der Waals surface area (Å²) in [5, 5.41) is 5.26. The van der Waals surface area contributed by atoms with E-state index in [0.717, 1.165) is 0 Å². The lowest BCUT2D eigenvalue weighted by Gasteiger charge is -2.17. The topological polar surface area (TPSA) is 94.6 Å². The first-order chi connectivity index (χ1) is 12.2. The summed E-state index contributed by atoms with van der Waals surface area (Å²) in [6.07, 6.45) is 3.08. The minimum Gasteiger partial charge on any atom is -0.490 e. The molecule has 0 fully saturated rings. The molecule has 0 aliphatic rings. The number of rotatable bonds is 8. The number of nitrogens with zero attached hydrogens (tertiary/aromatic N) is 2. The summed E-state index contributed by atoms with van der Waals surface area (Å²) in [5.41, 5.74) is 0.504. The largest absolute Gasteiger partial charge is 0.490 e. The molecule has 1 aromatic heterocycles. The highest BCUT2D eigenvalue weighted by Crippen LogP contribution is 2.40. The lowest BCUT2D eigenvalue weighted by Crippen LogP contribution is -2.21. The van der Waals surface area contributed by atoms with E-state index < -0.39 is 6.03 Å². The summed E-state index contributed by atoms with van der Waals surface area (Å²) in [6.45, 7) is 7.01. The fourth-order valence-electron chi connectivity index (χ4n) is 2.09. The van der Waals surface area contributed by atoms with Gasteiger partial charge in [0.15, 0.2) is 11.5 Å². The molecule has 2 rings (SSSR count). The maximum absolute atomic E-state index is 12.1. The number of carbonyl (C=O) groups is 1. The number of benzene rings is 1. The SMILES string of the molecule is CCOc1cc(NC(=O)Nc2ncccn2)cc(OCC)c1OCC. The van der Waals surface area contributed by atoms with Crippen LogP contribution >= 0.6 is 0 Å². The van der Waals surface area contributed by atoms with Gasteiger partial charge in [-0.2, -0.15) is 0 Å². The molecule has 0 atom stereocenters. The van der Waals surface area contributed by atoms with Gasteiger partial charge < -0.3 is 19.5 Å². The molecule has 2 aromatic rings. The molecule has 1 aromatic carbocycles. The van der Waals surface area contributed by atoms with Gasteiger partial charge in [0.05, 0.1) is 25.5 Å². The van der Waals surface area contributed by atoms with Crippen molar-refractivity contribution in [2.24, 2.45) is 0 Å². The van der Waals surface area contributed by atoms with Crippen LogP contribution in [0.5, 0.6) is 17.2 Å². The van der Waals surface area contributed by atoms with E-state index in [1.165, 1.54) is 0 Å². The Balaban J connectivity index is 2.22. The third kappa shape index (κ3) is 5.23. The van der Waals surface area contributed by atoms with E-state index in [0.29, 0.717) is 42.8 Å². The smallest absolute Gasteiger partial charge is 0.326 e. The van der Waals surface area contributed by atoms with Crippen molar-refractivity contribution in [1.29, 1.82) is 0 Å². The lowest BCUT2D eigenvalue weighted by atomic mass is 10.2. The van der Waals surface area contributed by atoms with E-state index in [4.69, 9.17) is 14.2 Å². The van der Waals surface area contributed by atoms with Crippen LogP contribution in [-0.2, 0) is 0 Å². The number of hydrogen-bond acceptors (Lipinski definition) is 6. The second-order valence-electron chi connectivity index (χ2n) is 4.75. The highest BCUT2D eigenvalue weighted by Gasteiger charge is 2.16. The Labute approximate surface area is 146 Å². The standard InChI is InChI=1S/C17H22N4O4/c1-4-23-13-10-12(11-14(24-5-2)15(13)25-6-3)20-17(22)21-16-18-8-7-9-19-16/h7-11H,4-6H2,1-3H3,(H2,18,19,20,21,22). The third-order valence-corrected chi connectivity index (χ3v) is 2.96. The summed E-state index contributed by atoms with van der Waals surface area (Å²) in [7, 11) is 0. The summed E-state index contributed by atoms with van der Waals surface area (Å²) in [5.74, 6) is 1.73. The Hall–Kier alpha value is -3.03. The number of aromatic nitrogens is 2. The van der Waals surface area contributed by atoms with Crippen molar-refractivity contribution < 1.29 is 19.0 Å². The van der Waals surface area contributed by atoms with Crippen LogP contribution in [0.2, 0.25) is 0 Å². The molecule has 134 valence electrons. The van der Waals surface area contributed by atoms with Crippen LogP contribution in [-0.4, -0.2) is 35.8 Å². The molecule has 0 spiro atoms. The predicted molar refractivity (Wildman–Crippen MR) is 94.6 cm³/mol. The van der Waals surface area contributed by atoms with Gasteiger partial charge in [0.1, 0.15) is 0 Å². The first-order valence-electron chi connectivity index (χ1n) is 8.09. The highest BCUT2D eigenvalue weighted by molar-refractivity contribution is 5.99. The molecule has 0 radical (unpaired) electrons. The van der Waals surface area contributed by atoms with Crippen molar-refractivity contribution in [3.05, 3.63) is 30.6 Å². The highest BCUT2D eigenvalue weighted by atomic mass is 16.5. The second kappa shape index (κ2) is 9.31. The number of hydrogen-bond donors (Lipinski definition) is 2. The van der Waals surface area contributed by atoms with Crippen LogP contribution < -0.4 is 24.8 Å². The molecule has 25 heavy (non-hydrogen) atoms. The fraction of sp³-hybridized carbons (Fsp3) is 0.353. The van der Waals surface area contributed by atoms with E-state index >= 15 is 0 Å². The van der Waals surface area contributed by atoms with E-state index in [9.17, 15) is 4.79 Å². The quantitative estimate of drug-likeness (QED) is 0.761. The molecule has 0 aliphatic heterocycles. The van der Waals surface area contributed by atoms with Gasteiger partial charge in [0, 0.05) is 24.5 Å². The Morgan fingerprint density at radius 3 is 2.00 bits per heavy atom. The van der Waals surface area contributed by atoms with E-state index in [-0.39, 0.29) is 5.95 Å². The first kappa shape index (κ1) is 18.3. The van der Waals surface area contributed by atoms with Gasteiger partial charge in [0.25, 0.3) is 0 Å². The van der Waals surface area contributed by atoms with Crippen LogP contribution in [0, 0.1) is 0 Å². The number of carbonyl (C=O) groups excluding carboxylic acids is 1. The Kier molecular flexibility index (Phi) is 6.82. The van der Waals surface area contributed by atoms with Gasteiger partial charge in [-0.15, -0.1) is 0 Å². The molecule has 0 saturated carbocycles. The molecule has 2 amide bonds. The summed E-state index contributed by atoms with van der Waals surface area (Å²) in [4.78, 5) is 20.0. The molecule has 0 saturated heterocycles. The maximum Gasteiger partial charge on any atom is 0.326 e. The summed E-state index contributed by atoms with van der Waals surface area (Å²) >= 11 is 0. The van der Waals surface area contributed by atoms with E-state index in [1.54, 1.807) is 30.6 Å². The lowest BCUT2D eigenvalue weighted by molar-refractivity contribution is 0.260. The third-order valence-electron chi connectivity index (χ3n) is 2.96. The van der Waals surface area contributed by atoms with Gasteiger partial charge in [-0.25, -0.2) is 14.8 Å². The molecule has 8 heteroatoms. The van der Waals surface area contributed by atoms with Crippen molar-refractivity contribution >= 4 is 17.7 Å². The molecule has 0 aliphatic carbocycles. The zero-order chi connectivity index (χ0) is 18.1. The molecule has 0 bridgehead atoms. The van der Waals surface area contributed by atoms with Gasteiger partial charge in [-0.05, 0) is 26.8 Å². The van der Waals surface area contributed by atoms with Crippen molar-refractivity contribution in [3.63, 3.8) is 0 Å². The minimum absolute atomic E-state index is 0.209. The second-order valence-corrected chi connectivity index (χ2v) is 4.75. The van der Waals surface area contributed by atoms with Gasteiger partial charge in [0.2, 0.25) is 11.7 Å². The van der Waals surface area contributed by atoms with Crippen molar-refractivity contribution in [3.8, 4) is 17.2 Å². The Bertz CT molecular complexity index is 667. The summed E-state index contributed by atoms with van der Waals surface area (Å²) < 4.78 is 16.9. The van der Waals surface area contributed by atoms with Crippen molar-refractivity contribution in [2.45, 2.75) is 20.8 Å². The maximum atomic E-state index is 12.1. The number of nitrogens with one attached hydrogen (secondary N) is 2. The number of anilines is 2. The van der Waals surface area contributed by atoms with Gasteiger partial charge in [-0.3, -0.25) is 5.32 Å². The molecule has 2 N–H and O–H groups in total. The van der Waals surface area contributed by atoms with Crippen LogP contribution in [0.15, 0.2) is 30.6 Å². The average molecular weight is 346 g/mol. The molecular weight excluding hydrogens is 324 g/mol. The molecule has 8 nitrogen and oxygen atoms in total. The van der Waals surface area contributed by atoms with Gasteiger partial charge >= 0.3 is 6.03 Å². The average Bonchev–Trinajstić information content (AvgIpc) is 2.59. The normalized spacial score (nSPS) is 10.0. The molecular formula is C17H22N4O4. The molecule has 0 unspecified atom stereocenters. The van der Waals surface area contributed by atoms with Gasteiger partial charge in [-0.1, -0.05) is 0 Å².